The summed E-state index contributed by atoms with van der Waals surface area (Å²) >= 11 is 0. The van der Waals surface area contributed by atoms with Gasteiger partial charge in [-0.3, -0.25) is 4.79 Å². The van der Waals surface area contributed by atoms with Gasteiger partial charge in [-0.15, -0.1) is 0 Å². The molecule has 3 rings (SSSR count). The molecule has 1 aromatic heterocycles. The van der Waals surface area contributed by atoms with E-state index < -0.39 is 47.2 Å². The molecule has 2 aromatic carbocycles. The summed E-state index contributed by atoms with van der Waals surface area (Å²) in [7, 11) is 0. The van der Waals surface area contributed by atoms with Crippen LogP contribution in [0.15, 0.2) is 30.5 Å². The van der Waals surface area contributed by atoms with Crippen molar-refractivity contribution in [3.8, 4) is 0 Å². The van der Waals surface area contributed by atoms with Crippen molar-refractivity contribution in [1.29, 1.82) is 0 Å². The predicted molar refractivity (Wildman–Crippen MR) is 82.6 cm³/mol. The number of esters is 1. The zero-order chi connectivity index (χ0) is 18.8. The first kappa shape index (κ1) is 17.9. The molecule has 136 valence electrons. The minimum atomic E-state index is -2.26. The van der Waals surface area contributed by atoms with Crippen molar-refractivity contribution in [1.82, 2.24) is 4.98 Å². The van der Waals surface area contributed by atoms with Gasteiger partial charge in [-0.25, -0.2) is 22.0 Å². The molecule has 0 spiro atoms. The van der Waals surface area contributed by atoms with Crippen molar-refractivity contribution in [2.24, 2.45) is 0 Å². The quantitative estimate of drug-likeness (QED) is 0.311. The first-order chi connectivity index (χ1) is 12.4. The summed E-state index contributed by atoms with van der Waals surface area (Å²) in [4.78, 5) is 14.8. The maximum atomic E-state index is 13.5. The van der Waals surface area contributed by atoms with Crippen LogP contribution < -0.4 is 0 Å². The van der Waals surface area contributed by atoms with Gasteiger partial charge in [0, 0.05) is 23.5 Å². The Hall–Kier alpha value is -2.90. The Bertz CT molecular complexity index is 954. The Kier molecular flexibility index (Phi) is 4.92. The van der Waals surface area contributed by atoms with Gasteiger partial charge in [0.05, 0.1) is 5.56 Å². The number of aromatic nitrogens is 1. The molecule has 0 amide bonds. The summed E-state index contributed by atoms with van der Waals surface area (Å²) in [5, 5.41) is 0.917. The smallest absolute Gasteiger partial charge is 0.306 e. The topological polar surface area (TPSA) is 42.1 Å². The number of H-pyrrole nitrogens is 1. The van der Waals surface area contributed by atoms with Gasteiger partial charge in [-0.1, -0.05) is 18.2 Å². The van der Waals surface area contributed by atoms with E-state index in [4.69, 9.17) is 0 Å². The number of aromatic amines is 1. The van der Waals surface area contributed by atoms with Crippen molar-refractivity contribution in [2.45, 2.75) is 19.4 Å². The van der Waals surface area contributed by atoms with Gasteiger partial charge in [-0.05, 0) is 18.1 Å². The van der Waals surface area contributed by atoms with Crippen molar-refractivity contribution in [3.05, 3.63) is 70.7 Å². The molecule has 26 heavy (non-hydrogen) atoms. The summed E-state index contributed by atoms with van der Waals surface area (Å²) in [5.74, 6) is -11.2. The SMILES string of the molecule is O=C(CCc1c[nH]c2ccccc12)OCc1c(F)c(F)c(F)c(F)c1F. The lowest BCUT2D eigenvalue weighted by molar-refractivity contribution is -0.145. The first-order valence-corrected chi connectivity index (χ1v) is 7.61. The van der Waals surface area contributed by atoms with Gasteiger partial charge in [0.2, 0.25) is 5.82 Å². The van der Waals surface area contributed by atoms with Crippen LogP contribution in [0, 0.1) is 29.1 Å². The number of para-hydroxylation sites is 1. The minimum Gasteiger partial charge on any atom is -0.461 e. The van der Waals surface area contributed by atoms with E-state index in [1.807, 2.05) is 24.3 Å². The van der Waals surface area contributed by atoms with E-state index in [2.05, 4.69) is 9.72 Å². The molecule has 0 bridgehead atoms. The second kappa shape index (κ2) is 7.15. The highest BCUT2D eigenvalue weighted by Crippen LogP contribution is 2.24. The number of carbonyl (C=O) groups excluding carboxylic acids is 1. The van der Waals surface area contributed by atoms with E-state index in [0.29, 0.717) is 6.42 Å². The number of rotatable bonds is 5. The molecule has 3 nitrogen and oxygen atoms in total. The molecule has 0 aliphatic heterocycles. The zero-order valence-corrected chi connectivity index (χ0v) is 13.2. The molecular formula is C18H12F5NO2. The van der Waals surface area contributed by atoms with E-state index in [9.17, 15) is 26.7 Å². The van der Waals surface area contributed by atoms with Gasteiger partial charge in [0.1, 0.15) is 6.61 Å². The van der Waals surface area contributed by atoms with Gasteiger partial charge < -0.3 is 9.72 Å². The second-order valence-corrected chi connectivity index (χ2v) is 5.57. The highest BCUT2D eigenvalue weighted by Gasteiger charge is 2.26. The first-order valence-electron chi connectivity index (χ1n) is 7.61. The fourth-order valence-electron chi connectivity index (χ4n) is 2.58. The van der Waals surface area contributed by atoms with Gasteiger partial charge >= 0.3 is 5.97 Å². The lowest BCUT2D eigenvalue weighted by Gasteiger charge is -2.09. The van der Waals surface area contributed by atoms with Crippen LogP contribution in [0.4, 0.5) is 22.0 Å². The third kappa shape index (κ3) is 3.26. The van der Waals surface area contributed by atoms with Crippen molar-refractivity contribution >= 4 is 16.9 Å². The summed E-state index contributed by atoms with van der Waals surface area (Å²) in [6.45, 7) is -1.04. The Balaban J connectivity index is 1.65. The highest BCUT2D eigenvalue weighted by atomic mass is 19.2. The van der Waals surface area contributed by atoms with E-state index in [0.717, 1.165) is 16.5 Å². The summed E-state index contributed by atoms with van der Waals surface area (Å²) in [6, 6.07) is 7.41. The number of benzene rings is 2. The molecule has 0 aliphatic carbocycles. The van der Waals surface area contributed by atoms with Crippen LogP contribution >= 0.6 is 0 Å². The van der Waals surface area contributed by atoms with Crippen LogP contribution in [-0.4, -0.2) is 11.0 Å². The van der Waals surface area contributed by atoms with Crippen LogP contribution in [0.25, 0.3) is 10.9 Å². The average Bonchev–Trinajstić information content (AvgIpc) is 3.06. The molecule has 0 radical (unpaired) electrons. The van der Waals surface area contributed by atoms with Crippen LogP contribution in [0.5, 0.6) is 0 Å². The summed E-state index contributed by atoms with van der Waals surface area (Å²) in [5.41, 5.74) is 0.549. The maximum absolute atomic E-state index is 13.5. The Morgan fingerprint density at radius 2 is 1.54 bits per heavy atom. The fourth-order valence-corrected chi connectivity index (χ4v) is 2.58. The highest BCUT2D eigenvalue weighted by molar-refractivity contribution is 5.83. The second-order valence-electron chi connectivity index (χ2n) is 5.57. The van der Waals surface area contributed by atoms with Crippen LogP contribution in [0.1, 0.15) is 17.5 Å². The van der Waals surface area contributed by atoms with Crippen LogP contribution in [-0.2, 0) is 22.6 Å². The zero-order valence-electron chi connectivity index (χ0n) is 13.2. The standard InChI is InChI=1S/C18H12F5NO2/c19-14-11(15(20)17(22)18(23)16(14)21)8-26-13(25)6-5-9-7-24-12-4-2-1-3-10(9)12/h1-4,7,24H,5-6,8H2. The Morgan fingerprint density at radius 3 is 2.23 bits per heavy atom. The van der Waals surface area contributed by atoms with Gasteiger partial charge in [-0.2, -0.15) is 0 Å². The number of ether oxygens (including phenoxy) is 1. The van der Waals surface area contributed by atoms with Crippen molar-refractivity contribution in [2.75, 3.05) is 0 Å². The third-order valence-electron chi connectivity index (χ3n) is 3.95. The van der Waals surface area contributed by atoms with Crippen molar-refractivity contribution < 1.29 is 31.5 Å². The third-order valence-corrected chi connectivity index (χ3v) is 3.95. The normalized spacial score (nSPS) is 11.1. The van der Waals surface area contributed by atoms with Crippen molar-refractivity contribution in [3.63, 3.8) is 0 Å². The van der Waals surface area contributed by atoms with Crippen LogP contribution in [0.3, 0.4) is 0 Å². The Morgan fingerprint density at radius 1 is 0.923 bits per heavy atom. The molecule has 0 atom stereocenters. The van der Waals surface area contributed by atoms with E-state index in [1.54, 1.807) is 6.20 Å². The number of halogens is 5. The number of nitrogens with one attached hydrogen (secondary N) is 1. The maximum Gasteiger partial charge on any atom is 0.306 e. The minimum absolute atomic E-state index is 0.114. The van der Waals surface area contributed by atoms with E-state index in [1.165, 1.54) is 0 Å². The molecule has 0 saturated heterocycles. The summed E-state index contributed by atoms with van der Waals surface area (Å²) in [6.07, 6.45) is 1.90. The van der Waals surface area contributed by atoms with E-state index >= 15 is 0 Å². The number of hydrogen-bond acceptors (Lipinski definition) is 2. The molecule has 0 fully saturated rings. The van der Waals surface area contributed by atoms with Crippen LogP contribution in [0.2, 0.25) is 0 Å². The number of aryl methyl sites for hydroxylation is 1. The lowest BCUT2D eigenvalue weighted by atomic mass is 10.1. The number of hydrogen-bond donors (Lipinski definition) is 1. The predicted octanol–water partition coefficient (Wildman–Crippen LogP) is 4.54. The monoisotopic (exact) mass is 369 g/mol. The molecule has 0 unspecified atom stereocenters. The lowest BCUT2D eigenvalue weighted by Crippen LogP contribution is -2.12. The largest absolute Gasteiger partial charge is 0.461 e. The molecular weight excluding hydrogens is 357 g/mol. The molecule has 0 aliphatic rings. The van der Waals surface area contributed by atoms with Gasteiger partial charge in [0.25, 0.3) is 0 Å². The van der Waals surface area contributed by atoms with Gasteiger partial charge in [0.15, 0.2) is 23.3 Å². The fraction of sp³-hybridized carbons (Fsp3) is 0.167. The molecule has 3 aromatic rings. The average molecular weight is 369 g/mol. The molecule has 1 heterocycles. The molecule has 1 N–H and O–H groups in total. The van der Waals surface area contributed by atoms with E-state index in [-0.39, 0.29) is 6.42 Å². The molecule has 0 saturated carbocycles. The molecule has 8 heteroatoms. The summed E-state index contributed by atoms with van der Waals surface area (Å²) < 4.78 is 70.9. The Labute approximate surface area is 144 Å². The number of fused-ring (bicyclic) bond motifs is 1. The number of carbonyl (C=O) groups is 1.